The Kier molecular flexibility index (Phi) is 1.47. The molecule has 0 bridgehead atoms. The van der Waals surface area contributed by atoms with E-state index < -0.39 is 0 Å². The highest BCUT2D eigenvalue weighted by molar-refractivity contribution is 5.74. The van der Waals surface area contributed by atoms with Crippen LogP contribution in [0.3, 0.4) is 0 Å². The summed E-state index contributed by atoms with van der Waals surface area (Å²) in [6, 6.07) is 0. The summed E-state index contributed by atoms with van der Waals surface area (Å²) < 4.78 is 5.18. The fraction of sp³-hybridized carbons (Fsp3) is 0.429. The number of nitrogens with zero attached hydrogens (tertiary/aromatic N) is 1. The van der Waals surface area contributed by atoms with Crippen LogP contribution in [0.2, 0.25) is 0 Å². The maximum Gasteiger partial charge on any atom is 0.170 e. The van der Waals surface area contributed by atoms with Crippen LogP contribution in [-0.4, -0.2) is 23.1 Å². The van der Waals surface area contributed by atoms with Crippen LogP contribution in [0, 0.1) is 0 Å². The number of H-pyrrole nitrogens is 1. The third-order valence-corrected chi connectivity index (χ3v) is 1.84. The maximum atomic E-state index is 10.4. The van der Waals surface area contributed by atoms with Crippen molar-refractivity contribution in [2.24, 2.45) is 0 Å². The van der Waals surface area contributed by atoms with Crippen LogP contribution >= 0.6 is 0 Å². The molecule has 2 heterocycles. The van der Waals surface area contributed by atoms with Gasteiger partial charge in [0.05, 0.1) is 13.2 Å². The van der Waals surface area contributed by atoms with Gasteiger partial charge in [0.15, 0.2) is 6.29 Å². The van der Waals surface area contributed by atoms with Gasteiger partial charge in [-0.15, -0.1) is 0 Å². The second-order valence-electron chi connectivity index (χ2n) is 2.49. The lowest BCUT2D eigenvalue weighted by atomic mass is 10.1. The van der Waals surface area contributed by atoms with Gasteiger partial charge in [-0.05, 0) is 0 Å². The number of hydrogen-bond acceptors (Lipinski definition) is 3. The van der Waals surface area contributed by atoms with Gasteiger partial charge in [-0.25, -0.2) is 0 Å². The largest absolute Gasteiger partial charge is 0.376 e. The summed E-state index contributed by atoms with van der Waals surface area (Å²) in [5.41, 5.74) is 2.45. The number of hydrogen-bond donors (Lipinski definition) is 1. The highest BCUT2D eigenvalue weighted by Gasteiger charge is 2.15. The van der Waals surface area contributed by atoms with E-state index in [-0.39, 0.29) is 0 Å². The van der Waals surface area contributed by atoms with Gasteiger partial charge in [-0.3, -0.25) is 9.89 Å². The van der Waals surface area contributed by atoms with Crippen LogP contribution in [0.4, 0.5) is 0 Å². The van der Waals surface area contributed by atoms with E-state index in [0.29, 0.717) is 18.9 Å². The first kappa shape index (κ1) is 6.54. The summed E-state index contributed by atoms with van der Waals surface area (Å²) >= 11 is 0. The van der Waals surface area contributed by atoms with Crippen molar-refractivity contribution in [2.45, 2.75) is 13.0 Å². The highest BCUT2D eigenvalue weighted by atomic mass is 16.5. The van der Waals surface area contributed by atoms with E-state index in [1.807, 2.05) is 0 Å². The minimum Gasteiger partial charge on any atom is -0.376 e. The van der Waals surface area contributed by atoms with Gasteiger partial charge < -0.3 is 4.74 Å². The zero-order valence-electron chi connectivity index (χ0n) is 5.96. The Labute approximate surface area is 63.6 Å². The van der Waals surface area contributed by atoms with Gasteiger partial charge in [-0.1, -0.05) is 0 Å². The highest BCUT2D eigenvalue weighted by Crippen LogP contribution is 2.16. The molecule has 11 heavy (non-hydrogen) atoms. The Hall–Kier alpha value is -1.16. The molecule has 4 heteroatoms. The van der Waals surface area contributed by atoms with E-state index in [1.165, 1.54) is 0 Å². The van der Waals surface area contributed by atoms with E-state index in [4.69, 9.17) is 4.74 Å². The van der Waals surface area contributed by atoms with Crippen molar-refractivity contribution in [1.29, 1.82) is 0 Å². The van der Waals surface area contributed by atoms with Crippen LogP contribution < -0.4 is 0 Å². The molecule has 0 radical (unpaired) electrons. The van der Waals surface area contributed by atoms with Crippen molar-refractivity contribution in [1.82, 2.24) is 10.2 Å². The lowest BCUT2D eigenvalue weighted by molar-refractivity contribution is 0.105. The van der Waals surface area contributed by atoms with E-state index >= 15 is 0 Å². The third kappa shape index (κ3) is 0.952. The summed E-state index contributed by atoms with van der Waals surface area (Å²) in [5.74, 6) is 0. The molecule has 1 aliphatic rings. The molecule has 1 N–H and O–H groups in total. The average Bonchev–Trinajstić information content (AvgIpc) is 2.47. The minimum absolute atomic E-state index is 0.486. The van der Waals surface area contributed by atoms with Crippen LogP contribution in [0.15, 0.2) is 0 Å². The first-order valence-electron chi connectivity index (χ1n) is 3.51. The van der Waals surface area contributed by atoms with Gasteiger partial charge in [0, 0.05) is 17.7 Å². The molecule has 0 unspecified atom stereocenters. The van der Waals surface area contributed by atoms with Crippen LogP contribution in [0.25, 0.3) is 0 Å². The van der Waals surface area contributed by atoms with E-state index in [1.54, 1.807) is 0 Å². The first-order valence-corrected chi connectivity index (χ1v) is 3.51. The molecule has 0 atom stereocenters. The van der Waals surface area contributed by atoms with Gasteiger partial charge in [0.2, 0.25) is 0 Å². The Morgan fingerprint density at radius 2 is 2.55 bits per heavy atom. The number of carbonyl (C=O) groups excluding carboxylic acids is 1. The Bertz CT molecular complexity index is 280. The van der Waals surface area contributed by atoms with Crippen molar-refractivity contribution in [3.05, 3.63) is 17.0 Å². The topological polar surface area (TPSA) is 55.0 Å². The summed E-state index contributed by atoms with van der Waals surface area (Å²) in [4.78, 5) is 10.4. The number of fused-ring (bicyclic) bond motifs is 1. The number of nitrogens with one attached hydrogen (secondary N) is 1. The summed E-state index contributed by atoms with van der Waals surface area (Å²) in [7, 11) is 0. The second kappa shape index (κ2) is 2.47. The lowest BCUT2D eigenvalue weighted by Crippen LogP contribution is -2.09. The van der Waals surface area contributed by atoms with Gasteiger partial charge in [0.25, 0.3) is 0 Å². The lowest BCUT2D eigenvalue weighted by Gasteiger charge is -2.10. The Morgan fingerprint density at radius 3 is 3.36 bits per heavy atom. The average molecular weight is 152 g/mol. The molecule has 0 amide bonds. The zero-order valence-corrected chi connectivity index (χ0v) is 5.96. The standard InChI is InChI=1S/C7H8N2O2/c10-3-7-5-4-11-2-1-6(5)8-9-7/h3H,1-2,4H2,(H,8,9). The van der Waals surface area contributed by atoms with E-state index in [2.05, 4.69) is 10.2 Å². The Balaban J connectivity index is 2.45. The number of rotatable bonds is 1. The smallest absolute Gasteiger partial charge is 0.170 e. The fourth-order valence-electron chi connectivity index (χ4n) is 1.23. The number of aromatic amines is 1. The SMILES string of the molecule is O=Cc1n[nH]c2c1COCC2. The molecule has 4 nitrogen and oxygen atoms in total. The number of carbonyl (C=O) groups is 1. The molecule has 0 aliphatic carbocycles. The van der Waals surface area contributed by atoms with Crippen LogP contribution in [0.1, 0.15) is 21.7 Å². The van der Waals surface area contributed by atoms with E-state index in [0.717, 1.165) is 24.0 Å². The zero-order chi connectivity index (χ0) is 7.68. The van der Waals surface area contributed by atoms with E-state index in [9.17, 15) is 4.79 Å². The quantitative estimate of drug-likeness (QED) is 0.588. The number of ether oxygens (including phenoxy) is 1. The number of aldehydes is 1. The monoisotopic (exact) mass is 152 g/mol. The summed E-state index contributed by atoms with van der Waals surface area (Å²) in [6.07, 6.45) is 1.58. The molecule has 0 spiro atoms. The first-order chi connectivity index (χ1) is 5.42. The molecule has 1 aliphatic heterocycles. The van der Waals surface area contributed by atoms with Gasteiger partial charge in [0.1, 0.15) is 5.69 Å². The number of aromatic nitrogens is 2. The molecule has 0 saturated carbocycles. The van der Waals surface area contributed by atoms with Crippen molar-refractivity contribution in [2.75, 3.05) is 6.61 Å². The molecule has 1 aromatic rings. The van der Waals surface area contributed by atoms with Crippen molar-refractivity contribution >= 4 is 6.29 Å². The van der Waals surface area contributed by atoms with Crippen molar-refractivity contribution in [3.8, 4) is 0 Å². The molecule has 0 fully saturated rings. The summed E-state index contributed by atoms with van der Waals surface area (Å²) in [6.45, 7) is 1.23. The molecule has 0 saturated heterocycles. The predicted octanol–water partition coefficient (Wildman–Crippen LogP) is 0.295. The predicted molar refractivity (Wildman–Crippen MR) is 37.3 cm³/mol. The molecule has 58 valence electrons. The molecule has 0 aromatic carbocycles. The normalized spacial score (nSPS) is 16.0. The molecule has 2 rings (SSSR count). The van der Waals surface area contributed by atoms with Gasteiger partial charge >= 0.3 is 0 Å². The van der Waals surface area contributed by atoms with Gasteiger partial charge in [-0.2, -0.15) is 5.10 Å². The molecular weight excluding hydrogens is 144 g/mol. The van der Waals surface area contributed by atoms with Crippen molar-refractivity contribution in [3.63, 3.8) is 0 Å². The minimum atomic E-state index is 0.486. The van der Waals surface area contributed by atoms with Crippen LogP contribution in [0.5, 0.6) is 0 Å². The summed E-state index contributed by atoms with van der Waals surface area (Å²) in [5, 5.41) is 6.66. The molecule has 1 aromatic heterocycles. The second-order valence-corrected chi connectivity index (χ2v) is 2.49. The third-order valence-electron chi connectivity index (χ3n) is 1.84. The van der Waals surface area contributed by atoms with Crippen LogP contribution in [-0.2, 0) is 17.8 Å². The van der Waals surface area contributed by atoms with Crippen molar-refractivity contribution < 1.29 is 9.53 Å². The molecular formula is C7H8N2O2. The maximum absolute atomic E-state index is 10.4. The fourth-order valence-corrected chi connectivity index (χ4v) is 1.23. The Morgan fingerprint density at radius 1 is 1.64 bits per heavy atom.